The van der Waals surface area contributed by atoms with Gasteiger partial charge in [0.15, 0.2) is 6.61 Å². The van der Waals surface area contributed by atoms with Gasteiger partial charge >= 0.3 is 5.97 Å². The van der Waals surface area contributed by atoms with Gasteiger partial charge in [-0.3, -0.25) is 4.79 Å². The van der Waals surface area contributed by atoms with Crippen molar-refractivity contribution in [3.05, 3.63) is 92.7 Å². The zero-order chi connectivity index (χ0) is 23.2. The summed E-state index contributed by atoms with van der Waals surface area (Å²) >= 11 is 11.0. The second kappa shape index (κ2) is 10.6. The Hall–Kier alpha value is -3.20. The van der Waals surface area contributed by atoms with E-state index in [9.17, 15) is 9.59 Å². The van der Waals surface area contributed by atoms with Crippen molar-refractivity contribution in [3.8, 4) is 11.5 Å². The molecule has 33 heavy (non-hydrogen) atoms. The molecular weight excluding hydrogens is 528 g/mol. The molecule has 4 rings (SSSR count). The van der Waals surface area contributed by atoms with Crippen LogP contribution in [-0.2, 0) is 4.79 Å². The van der Waals surface area contributed by atoms with Crippen molar-refractivity contribution in [2.24, 2.45) is 5.10 Å². The Morgan fingerprint density at radius 3 is 2.42 bits per heavy atom. The van der Waals surface area contributed by atoms with Crippen molar-refractivity contribution in [1.29, 1.82) is 0 Å². The Bertz CT molecular complexity index is 1320. The summed E-state index contributed by atoms with van der Waals surface area (Å²) < 4.78 is 12.7. The van der Waals surface area contributed by atoms with Gasteiger partial charge < -0.3 is 9.47 Å². The van der Waals surface area contributed by atoms with E-state index in [1.165, 1.54) is 17.6 Å². The van der Waals surface area contributed by atoms with Crippen molar-refractivity contribution in [1.82, 2.24) is 5.43 Å². The van der Waals surface area contributed by atoms with E-state index >= 15 is 0 Å². The fourth-order valence-electron chi connectivity index (χ4n) is 2.81. The number of carbonyl (C=O) groups excluding carboxylic acids is 2. The third-order valence-corrected chi connectivity index (χ3v) is 6.58. The Labute approximate surface area is 206 Å². The number of hydrazone groups is 1. The van der Waals surface area contributed by atoms with Crippen LogP contribution in [0.15, 0.2) is 82.4 Å². The second-order valence-electron chi connectivity index (χ2n) is 6.74. The highest BCUT2D eigenvalue weighted by atomic mass is 79.9. The molecule has 0 unspecified atom stereocenters. The summed E-state index contributed by atoms with van der Waals surface area (Å²) in [7, 11) is 0. The van der Waals surface area contributed by atoms with Crippen LogP contribution in [0, 0.1) is 0 Å². The van der Waals surface area contributed by atoms with E-state index in [1.54, 1.807) is 36.4 Å². The normalized spacial score (nSPS) is 11.0. The second-order valence-corrected chi connectivity index (χ2v) is 9.08. The van der Waals surface area contributed by atoms with Crippen LogP contribution in [-0.4, -0.2) is 24.7 Å². The topological polar surface area (TPSA) is 77.0 Å². The highest BCUT2D eigenvalue weighted by Gasteiger charge is 2.18. The largest absolute Gasteiger partial charge is 0.484 e. The molecule has 0 saturated heterocycles. The van der Waals surface area contributed by atoms with Crippen LogP contribution in [0.1, 0.15) is 15.2 Å². The molecule has 0 aliphatic heterocycles. The first-order valence-electron chi connectivity index (χ1n) is 9.69. The monoisotopic (exact) mass is 542 g/mol. The fraction of sp³-hybridized carbons (Fsp3) is 0.0417. The van der Waals surface area contributed by atoms with Gasteiger partial charge in [0.1, 0.15) is 16.4 Å². The van der Waals surface area contributed by atoms with Gasteiger partial charge in [-0.15, -0.1) is 11.3 Å². The molecular formula is C24H16BrClN2O4S. The SMILES string of the molecule is O=C(COc1ccc(Br)cc1)N/N=C/c1ccc(OC(=O)c2sc3ccccc3c2Cl)cc1. The number of halogens is 2. The molecule has 0 radical (unpaired) electrons. The minimum absolute atomic E-state index is 0.159. The minimum atomic E-state index is -0.513. The summed E-state index contributed by atoms with van der Waals surface area (Å²) in [5, 5.41) is 5.13. The first kappa shape index (κ1) is 23.0. The molecule has 0 fully saturated rings. The summed E-state index contributed by atoms with van der Waals surface area (Å²) in [6.07, 6.45) is 1.48. The zero-order valence-corrected chi connectivity index (χ0v) is 20.1. The number of hydrogen-bond acceptors (Lipinski definition) is 6. The van der Waals surface area contributed by atoms with Gasteiger partial charge in [-0.2, -0.15) is 5.10 Å². The fourth-order valence-corrected chi connectivity index (χ4v) is 4.46. The average Bonchev–Trinajstić information content (AvgIpc) is 3.17. The van der Waals surface area contributed by atoms with E-state index in [0.717, 1.165) is 14.6 Å². The molecule has 0 spiro atoms. The molecule has 1 heterocycles. The number of benzene rings is 3. The van der Waals surface area contributed by atoms with Crippen molar-refractivity contribution < 1.29 is 19.1 Å². The number of rotatable bonds is 7. The number of nitrogens with one attached hydrogen (secondary N) is 1. The Balaban J connectivity index is 1.29. The molecule has 1 N–H and O–H groups in total. The number of ether oxygens (including phenoxy) is 2. The lowest BCUT2D eigenvalue weighted by atomic mass is 10.2. The number of fused-ring (bicyclic) bond motifs is 1. The van der Waals surface area contributed by atoms with Crippen molar-refractivity contribution in [2.45, 2.75) is 0 Å². The molecule has 166 valence electrons. The molecule has 4 aromatic rings. The number of carbonyl (C=O) groups is 2. The van der Waals surface area contributed by atoms with E-state index in [2.05, 4.69) is 26.5 Å². The number of amides is 1. The Morgan fingerprint density at radius 2 is 1.70 bits per heavy atom. The maximum Gasteiger partial charge on any atom is 0.355 e. The van der Waals surface area contributed by atoms with Gasteiger partial charge in [0, 0.05) is 14.6 Å². The smallest absolute Gasteiger partial charge is 0.355 e. The predicted octanol–water partition coefficient (Wildman–Crippen LogP) is 6.07. The third-order valence-electron chi connectivity index (χ3n) is 4.40. The molecule has 0 atom stereocenters. The standard InChI is InChI=1S/C24H16BrClN2O4S/c25-16-7-11-17(12-8-16)31-14-21(29)28-27-13-15-5-9-18(10-6-15)32-24(30)23-22(26)19-3-1-2-4-20(19)33-23/h1-13H,14H2,(H,28,29)/b27-13+. The van der Waals surface area contributed by atoms with Gasteiger partial charge in [-0.1, -0.05) is 45.7 Å². The molecule has 0 saturated carbocycles. The van der Waals surface area contributed by atoms with Gasteiger partial charge in [0.25, 0.3) is 5.91 Å². The van der Waals surface area contributed by atoms with Crippen LogP contribution < -0.4 is 14.9 Å². The first-order valence-corrected chi connectivity index (χ1v) is 11.7. The van der Waals surface area contributed by atoms with E-state index in [1.807, 2.05) is 36.4 Å². The van der Waals surface area contributed by atoms with E-state index < -0.39 is 5.97 Å². The van der Waals surface area contributed by atoms with Crippen LogP contribution in [0.5, 0.6) is 11.5 Å². The summed E-state index contributed by atoms with van der Waals surface area (Å²) in [6.45, 7) is -0.159. The molecule has 0 bridgehead atoms. The van der Waals surface area contributed by atoms with Crippen LogP contribution >= 0.6 is 38.9 Å². The quantitative estimate of drug-likeness (QED) is 0.133. The van der Waals surface area contributed by atoms with E-state index in [-0.39, 0.29) is 12.5 Å². The number of esters is 1. The lowest BCUT2D eigenvalue weighted by molar-refractivity contribution is -0.123. The van der Waals surface area contributed by atoms with Crippen LogP contribution in [0.2, 0.25) is 5.02 Å². The predicted molar refractivity (Wildman–Crippen MR) is 134 cm³/mol. The molecule has 1 aromatic heterocycles. The summed E-state index contributed by atoms with van der Waals surface area (Å²) in [4.78, 5) is 24.7. The van der Waals surface area contributed by atoms with Crippen molar-refractivity contribution in [3.63, 3.8) is 0 Å². The maximum atomic E-state index is 12.5. The molecule has 0 aliphatic carbocycles. The highest BCUT2D eigenvalue weighted by Crippen LogP contribution is 2.35. The molecule has 1 amide bonds. The molecule has 6 nitrogen and oxygen atoms in total. The van der Waals surface area contributed by atoms with Gasteiger partial charge in [0.05, 0.1) is 11.2 Å². The summed E-state index contributed by atoms with van der Waals surface area (Å²) in [6, 6.07) is 21.4. The number of nitrogens with zero attached hydrogens (tertiary/aromatic N) is 1. The number of hydrogen-bond donors (Lipinski definition) is 1. The number of thiophene rings is 1. The third kappa shape index (κ3) is 5.98. The van der Waals surface area contributed by atoms with Crippen molar-refractivity contribution >= 4 is 67.0 Å². The van der Waals surface area contributed by atoms with Crippen LogP contribution in [0.25, 0.3) is 10.1 Å². The highest BCUT2D eigenvalue weighted by molar-refractivity contribution is 9.10. The van der Waals surface area contributed by atoms with Gasteiger partial charge in [-0.25, -0.2) is 10.2 Å². The molecule has 0 aliphatic rings. The van der Waals surface area contributed by atoms with E-state index in [0.29, 0.717) is 27.0 Å². The summed E-state index contributed by atoms with van der Waals surface area (Å²) in [5.74, 6) is 0.0533. The van der Waals surface area contributed by atoms with E-state index in [4.69, 9.17) is 21.1 Å². The Morgan fingerprint density at radius 1 is 1.00 bits per heavy atom. The molecule has 3 aromatic carbocycles. The van der Waals surface area contributed by atoms with Gasteiger partial charge in [-0.05, 0) is 60.2 Å². The van der Waals surface area contributed by atoms with Crippen LogP contribution in [0.4, 0.5) is 0 Å². The maximum absolute atomic E-state index is 12.5. The molecule has 9 heteroatoms. The zero-order valence-electron chi connectivity index (χ0n) is 17.0. The van der Waals surface area contributed by atoms with Crippen molar-refractivity contribution in [2.75, 3.05) is 6.61 Å². The minimum Gasteiger partial charge on any atom is -0.484 e. The first-order chi connectivity index (χ1) is 16.0. The summed E-state index contributed by atoms with van der Waals surface area (Å²) in [5.41, 5.74) is 3.11. The lowest BCUT2D eigenvalue weighted by Gasteiger charge is -2.05. The average molecular weight is 544 g/mol. The Kier molecular flexibility index (Phi) is 7.39. The van der Waals surface area contributed by atoms with Crippen LogP contribution in [0.3, 0.4) is 0 Å². The lowest BCUT2D eigenvalue weighted by Crippen LogP contribution is -2.24. The van der Waals surface area contributed by atoms with Gasteiger partial charge in [0.2, 0.25) is 0 Å².